The van der Waals surface area contributed by atoms with Crippen molar-refractivity contribution in [1.82, 2.24) is 25.5 Å². The molecule has 1 fully saturated rings. The van der Waals surface area contributed by atoms with Crippen LogP contribution in [0.2, 0.25) is 0 Å². The molecule has 2 atom stereocenters. The highest BCUT2D eigenvalue weighted by molar-refractivity contribution is 5.86. The first-order valence-electron chi connectivity index (χ1n) is 8.73. The minimum Gasteiger partial charge on any atom is -0.444 e. The number of carbonyl (C=O) groups excluding carboxylic acids is 1. The summed E-state index contributed by atoms with van der Waals surface area (Å²) < 4.78 is 5.35. The number of hydrogen-bond acceptors (Lipinski definition) is 6. The maximum Gasteiger partial charge on any atom is 0.407 e. The molecule has 1 aliphatic heterocycles. The van der Waals surface area contributed by atoms with E-state index in [9.17, 15) is 4.79 Å². The van der Waals surface area contributed by atoms with Crippen molar-refractivity contribution in [2.24, 2.45) is 5.92 Å². The lowest BCUT2D eigenvalue weighted by atomic mass is 9.90. The van der Waals surface area contributed by atoms with Crippen LogP contribution in [0.1, 0.15) is 40.5 Å². The van der Waals surface area contributed by atoms with Crippen LogP contribution >= 0.6 is 0 Å². The van der Waals surface area contributed by atoms with E-state index in [0.717, 1.165) is 36.2 Å². The summed E-state index contributed by atoms with van der Waals surface area (Å²) in [6.45, 7) is 9.19. The molecule has 0 aliphatic carbocycles. The quantitative estimate of drug-likeness (QED) is 0.886. The predicted molar refractivity (Wildman–Crippen MR) is 95.5 cm³/mol. The molecule has 2 aromatic rings. The number of fused-ring (bicyclic) bond motifs is 1. The lowest BCUT2D eigenvalue weighted by Gasteiger charge is -2.41. The Hall–Kier alpha value is -2.38. The number of amides is 1. The number of anilines is 1. The average Bonchev–Trinajstić information content (AvgIpc) is 3.00. The molecule has 1 saturated heterocycles. The molecule has 136 valence electrons. The minimum atomic E-state index is -0.502. The van der Waals surface area contributed by atoms with E-state index in [1.165, 1.54) is 0 Å². The smallest absolute Gasteiger partial charge is 0.407 e. The molecule has 0 spiro atoms. The van der Waals surface area contributed by atoms with Gasteiger partial charge in [0.2, 0.25) is 0 Å². The SMILES string of the molecule is CC1CCCN(c2ncnc3[nH]ncc23)C1CNC(=O)OC(C)(C)C. The van der Waals surface area contributed by atoms with Crippen LogP contribution in [0, 0.1) is 5.92 Å². The molecule has 0 radical (unpaired) electrons. The van der Waals surface area contributed by atoms with Crippen LogP contribution in [0.15, 0.2) is 12.5 Å². The second-order valence-corrected chi connectivity index (χ2v) is 7.59. The third-order valence-corrected chi connectivity index (χ3v) is 4.47. The lowest BCUT2D eigenvalue weighted by molar-refractivity contribution is 0.0519. The number of alkyl carbamates (subject to hydrolysis) is 1. The first-order valence-corrected chi connectivity index (χ1v) is 8.73. The van der Waals surface area contributed by atoms with Crippen LogP contribution in [0.5, 0.6) is 0 Å². The molecule has 2 aromatic heterocycles. The Kier molecular flexibility index (Phi) is 4.78. The molecule has 0 saturated carbocycles. The number of piperidine rings is 1. The monoisotopic (exact) mass is 346 g/mol. The highest BCUT2D eigenvalue weighted by Crippen LogP contribution is 2.30. The van der Waals surface area contributed by atoms with Crippen LogP contribution in [-0.4, -0.2) is 51.0 Å². The summed E-state index contributed by atoms with van der Waals surface area (Å²) in [5, 5.41) is 10.8. The summed E-state index contributed by atoms with van der Waals surface area (Å²) in [5.74, 6) is 1.29. The first-order chi connectivity index (χ1) is 11.8. The van der Waals surface area contributed by atoms with E-state index in [2.05, 4.69) is 37.3 Å². The van der Waals surface area contributed by atoms with E-state index in [1.807, 2.05) is 20.8 Å². The van der Waals surface area contributed by atoms with Crippen molar-refractivity contribution >= 4 is 22.9 Å². The van der Waals surface area contributed by atoms with Gasteiger partial charge in [-0.3, -0.25) is 5.10 Å². The van der Waals surface area contributed by atoms with Gasteiger partial charge in [-0.05, 0) is 39.5 Å². The van der Waals surface area contributed by atoms with Crippen molar-refractivity contribution in [3.63, 3.8) is 0 Å². The first kappa shape index (κ1) is 17.4. The van der Waals surface area contributed by atoms with Crippen LogP contribution in [0.4, 0.5) is 10.6 Å². The molecule has 3 rings (SSSR count). The number of rotatable bonds is 3. The average molecular weight is 346 g/mol. The topological polar surface area (TPSA) is 96.0 Å². The third kappa shape index (κ3) is 4.00. The second kappa shape index (κ2) is 6.85. The number of nitrogens with one attached hydrogen (secondary N) is 2. The van der Waals surface area contributed by atoms with Gasteiger partial charge in [-0.2, -0.15) is 5.10 Å². The zero-order chi connectivity index (χ0) is 18.0. The van der Waals surface area contributed by atoms with Gasteiger partial charge in [0.25, 0.3) is 0 Å². The molecule has 2 N–H and O–H groups in total. The summed E-state index contributed by atoms with van der Waals surface area (Å²) in [6.07, 6.45) is 5.13. The van der Waals surface area contributed by atoms with Crippen LogP contribution in [0.3, 0.4) is 0 Å². The second-order valence-electron chi connectivity index (χ2n) is 7.59. The molecule has 8 heteroatoms. The van der Waals surface area contributed by atoms with Gasteiger partial charge >= 0.3 is 6.09 Å². The fraction of sp³-hybridized carbons (Fsp3) is 0.647. The van der Waals surface area contributed by atoms with E-state index in [0.29, 0.717) is 12.5 Å². The Morgan fingerprint density at radius 3 is 3.00 bits per heavy atom. The summed E-state index contributed by atoms with van der Waals surface area (Å²) >= 11 is 0. The van der Waals surface area contributed by atoms with Crippen molar-refractivity contribution in [2.75, 3.05) is 18.0 Å². The summed E-state index contributed by atoms with van der Waals surface area (Å²) in [5.41, 5.74) is 0.222. The minimum absolute atomic E-state index is 0.147. The maximum atomic E-state index is 12.0. The van der Waals surface area contributed by atoms with Crippen molar-refractivity contribution in [1.29, 1.82) is 0 Å². The summed E-state index contributed by atoms with van der Waals surface area (Å²) in [4.78, 5) is 23.0. The normalized spacial score (nSPS) is 21.4. The highest BCUT2D eigenvalue weighted by Gasteiger charge is 2.31. The number of aromatic amines is 1. The Labute approximate surface area is 147 Å². The molecular formula is C17H26N6O2. The lowest BCUT2D eigenvalue weighted by Crippen LogP contribution is -2.51. The molecule has 2 unspecified atom stereocenters. The largest absolute Gasteiger partial charge is 0.444 e. The Bertz CT molecular complexity index is 738. The van der Waals surface area contributed by atoms with Crippen LogP contribution in [0.25, 0.3) is 11.0 Å². The number of H-pyrrole nitrogens is 1. The third-order valence-electron chi connectivity index (χ3n) is 4.47. The number of hydrogen-bond donors (Lipinski definition) is 2. The van der Waals surface area contributed by atoms with Crippen molar-refractivity contribution in [3.8, 4) is 0 Å². The van der Waals surface area contributed by atoms with E-state index >= 15 is 0 Å². The number of carbonyl (C=O) groups is 1. The molecule has 3 heterocycles. The van der Waals surface area contributed by atoms with Gasteiger partial charge in [0.1, 0.15) is 17.7 Å². The van der Waals surface area contributed by atoms with Gasteiger partial charge in [-0.15, -0.1) is 0 Å². The molecule has 0 aromatic carbocycles. The fourth-order valence-corrected chi connectivity index (χ4v) is 3.31. The molecule has 0 bridgehead atoms. The molecule has 1 amide bonds. The van der Waals surface area contributed by atoms with Gasteiger partial charge in [0, 0.05) is 13.1 Å². The fourth-order valence-electron chi connectivity index (χ4n) is 3.31. The number of nitrogens with zero attached hydrogens (tertiary/aromatic N) is 4. The van der Waals surface area contributed by atoms with E-state index < -0.39 is 5.60 Å². The number of ether oxygens (including phenoxy) is 1. The molecule has 25 heavy (non-hydrogen) atoms. The van der Waals surface area contributed by atoms with E-state index in [1.54, 1.807) is 12.5 Å². The Morgan fingerprint density at radius 1 is 1.44 bits per heavy atom. The van der Waals surface area contributed by atoms with Crippen LogP contribution < -0.4 is 10.2 Å². The van der Waals surface area contributed by atoms with Crippen molar-refractivity contribution in [2.45, 2.75) is 52.2 Å². The summed E-state index contributed by atoms with van der Waals surface area (Å²) in [6, 6.07) is 0.147. The molecule has 1 aliphatic rings. The van der Waals surface area contributed by atoms with Crippen molar-refractivity contribution in [3.05, 3.63) is 12.5 Å². The van der Waals surface area contributed by atoms with Gasteiger partial charge in [0.05, 0.1) is 17.6 Å². The number of aromatic nitrogens is 4. The van der Waals surface area contributed by atoms with Gasteiger partial charge < -0.3 is 15.0 Å². The Morgan fingerprint density at radius 2 is 2.24 bits per heavy atom. The molecular weight excluding hydrogens is 320 g/mol. The standard InChI is InChI=1S/C17H26N6O2/c1-11-6-5-7-23(13(11)9-18-16(24)25-17(2,3)4)15-12-8-21-22-14(12)19-10-20-15/h8,10-11,13H,5-7,9H2,1-4H3,(H,18,24)(H,19,20,21,22). The van der Waals surface area contributed by atoms with E-state index in [4.69, 9.17) is 4.74 Å². The van der Waals surface area contributed by atoms with Crippen molar-refractivity contribution < 1.29 is 9.53 Å². The predicted octanol–water partition coefficient (Wildman–Crippen LogP) is 2.48. The van der Waals surface area contributed by atoms with Crippen LogP contribution in [-0.2, 0) is 4.74 Å². The maximum absolute atomic E-state index is 12.0. The van der Waals surface area contributed by atoms with Gasteiger partial charge in [-0.1, -0.05) is 6.92 Å². The summed E-state index contributed by atoms with van der Waals surface area (Å²) in [7, 11) is 0. The van der Waals surface area contributed by atoms with Gasteiger partial charge in [0.15, 0.2) is 5.65 Å². The zero-order valence-electron chi connectivity index (χ0n) is 15.2. The molecule has 8 nitrogen and oxygen atoms in total. The van der Waals surface area contributed by atoms with Gasteiger partial charge in [-0.25, -0.2) is 14.8 Å². The van der Waals surface area contributed by atoms with E-state index in [-0.39, 0.29) is 12.1 Å². The Balaban J connectivity index is 1.78. The highest BCUT2D eigenvalue weighted by atomic mass is 16.6. The zero-order valence-corrected chi connectivity index (χ0v) is 15.2.